The fourth-order valence-electron chi connectivity index (χ4n) is 2.74. The Hall–Kier alpha value is -1.12. The lowest BCUT2D eigenvalue weighted by atomic mass is 9.97. The molecule has 0 unspecified atom stereocenters. The molecule has 0 saturated carbocycles. The lowest BCUT2D eigenvalue weighted by Gasteiger charge is -2.30. The van der Waals surface area contributed by atoms with Gasteiger partial charge < -0.3 is 5.32 Å². The highest BCUT2D eigenvalue weighted by Gasteiger charge is 2.32. The zero-order valence-electron chi connectivity index (χ0n) is 13.1. The molecule has 1 aromatic carbocycles. The predicted molar refractivity (Wildman–Crippen MR) is 101 cm³/mol. The third kappa shape index (κ3) is 4.01. The molecule has 5 nitrogen and oxygen atoms in total. The smallest absolute Gasteiger partial charge is 0.252 e. The second-order valence-electron chi connectivity index (χ2n) is 5.70. The largest absolute Gasteiger partial charge is 0.323 e. The fourth-order valence-corrected chi connectivity index (χ4v) is 5.84. The van der Waals surface area contributed by atoms with Crippen molar-refractivity contribution in [1.29, 1.82) is 0 Å². The van der Waals surface area contributed by atoms with E-state index < -0.39 is 10.0 Å². The molecular weight excluding hydrogens is 403 g/mol. The third-order valence-electron chi connectivity index (χ3n) is 4.12. The molecule has 0 bridgehead atoms. The number of nitrogens with zero attached hydrogens (tertiary/aromatic N) is 1. The third-order valence-corrected chi connectivity index (χ3v) is 8.03. The molecule has 2 heterocycles. The van der Waals surface area contributed by atoms with Crippen LogP contribution in [-0.2, 0) is 14.8 Å². The number of carbonyl (C=O) groups is 1. The molecule has 0 spiro atoms. The Morgan fingerprint density at radius 2 is 1.76 bits per heavy atom. The molecule has 134 valence electrons. The van der Waals surface area contributed by atoms with Crippen LogP contribution in [0.1, 0.15) is 12.8 Å². The summed E-state index contributed by atoms with van der Waals surface area (Å²) in [5.41, 5.74) is 0.393. The first-order chi connectivity index (χ1) is 11.9. The van der Waals surface area contributed by atoms with Gasteiger partial charge in [0.05, 0.1) is 15.7 Å². The van der Waals surface area contributed by atoms with Gasteiger partial charge in [-0.3, -0.25) is 4.79 Å². The maximum atomic E-state index is 12.5. The summed E-state index contributed by atoms with van der Waals surface area (Å²) in [6.45, 7) is 0.628. The molecule has 1 amide bonds. The number of thiophene rings is 1. The Kier molecular flexibility index (Phi) is 5.70. The molecule has 1 fully saturated rings. The molecule has 2 aromatic rings. The zero-order chi connectivity index (χ0) is 18.0. The van der Waals surface area contributed by atoms with E-state index in [-0.39, 0.29) is 11.8 Å². The maximum absolute atomic E-state index is 12.5. The molecule has 0 atom stereocenters. The minimum atomic E-state index is -3.46. The second-order valence-corrected chi connectivity index (χ2v) is 9.62. The highest BCUT2D eigenvalue weighted by Crippen LogP contribution is 2.32. The van der Waals surface area contributed by atoms with Crippen LogP contribution in [0, 0.1) is 5.92 Å². The first-order valence-corrected chi connectivity index (χ1v) is 10.8. The molecule has 3 rings (SSSR count). The van der Waals surface area contributed by atoms with E-state index in [2.05, 4.69) is 5.32 Å². The molecule has 1 aliphatic heterocycles. The van der Waals surface area contributed by atoms with Crippen molar-refractivity contribution in [3.8, 4) is 0 Å². The van der Waals surface area contributed by atoms with Gasteiger partial charge in [0.25, 0.3) is 10.0 Å². The van der Waals surface area contributed by atoms with Crippen LogP contribution in [0.15, 0.2) is 39.9 Å². The zero-order valence-corrected chi connectivity index (χ0v) is 16.3. The lowest BCUT2D eigenvalue weighted by Crippen LogP contribution is -2.41. The molecule has 1 aromatic heterocycles. The minimum absolute atomic E-state index is 0.192. The van der Waals surface area contributed by atoms with Crippen LogP contribution in [0.5, 0.6) is 0 Å². The number of rotatable bonds is 4. The minimum Gasteiger partial charge on any atom is -0.323 e. The van der Waals surface area contributed by atoms with E-state index in [1.54, 1.807) is 35.7 Å². The SMILES string of the molecule is O=C(Nc1c(Cl)cccc1Cl)C1CCN(S(=O)(=O)c2cccs2)CC1. The topological polar surface area (TPSA) is 66.5 Å². The number of benzene rings is 1. The van der Waals surface area contributed by atoms with Gasteiger partial charge in [-0.2, -0.15) is 4.31 Å². The summed E-state index contributed by atoms with van der Waals surface area (Å²) in [7, 11) is -3.46. The summed E-state index contributed by atoms with van der Waals surface area (Å²) >= 11 is 13.3. The van der Waals surface area contributed by atoms with Crippen molar-refractivity contribution in [2.75, 3.05) is 18.4 Å². The summed E-state index contributed by atoms with van der Waals surface area (Å²) in [5.74, 6) is -0.467. The normalized spacial score (nSPS) is 16.7. The van der Waals surface area contributed by atoms with Crippen LogP contribution >= 0.6 is 34.5 Å². The van der Waals surface area contributed by atoms with Gasteiger partial charge in [-0.05, 0) is 36.4 Å². The number of hydrogen-bond donors (Lipinski definition) is 1. The van der Waals surface area contributed by atoms with E-state index in [0.29, 0.717) is 45.9 Å². The number of nitrogens with one attached hydrogen (secondary N) is 1. The molecule has 25 heavy (non-hydrogen) atoms. The Labute approximate surface area is 160 Å². The number of halogens is 2. The van der Waals surface area contributed by atoms with E-state index in [4.69, 9.17) is 23.2 Å². The van der Waals surface area contributed by atoms with E-state index in [1.165, 1.54) is 15.6 Å². The predicted octanol–water partition coefficient (Wildman–Crippen LogP) is 4.09. The quantitative estimate of drug-likeness (QED) is 0.812. The van der Waals surface area contributed by atoms with Crippen molar-refractivity contribution >= 4 is 56.2 Å². The number of anilines is 1. The van der Waals surface area contributed by atoms with Crippen molar-refractivity contribution < 1.29 is 13.2 Å². The number of hydrogen-bond acceptors (Lipinski definition) is 4. The molecule has 0 radical (unpaired) electrons. The van der Waals surface area contributed by atoms with Crippen molar-refractivity contribution in [3.63, 3.8) is 0 Å². The average Bonchev–Trinajstić information content (AvgIpc) is 3.14. The fraction of sp³-hybridized carbons (Fsp3) is 0.312. The molecular formula is C16H16Cl2N2O3S2. The van der Waals surface area contributed by atoms with Crippen LogP contribution in [0.2, 0.25) is 10.0 Å². The Balaban J connectivity index is 1.63. The van der Waals surface area contributed by atoms with Gasteiger partial charge in [0.15, 0.2) is 0 Å². The van der Waals surface area contributed by atoms with Crippen LogP contribution in [0.4, 0.5) is 5.69 Å². The summed E-state index contributed by atoms with van der Waals surface area (Å²) in [5, 5.41) is 5.24. The Morgan fingerprint density at radius 3 is 2.32 bits per heavy atom. The maximum Gasteiger partial charge on any atom is 0.252 e. The summed E-state index contributed by atoms with van der Waals surface area (Å²) < 4.78 is 26.8. The van der Waals surface area contributed by atoms with E-state index in [1.807, 2.05) is 0 Å². The van der Waals surface area contributed by atoms with Gasteiger partial charge in [0, 0.05) is 19.0 Å². The Bertz CT molecular complexity index is 841. The monoisotopic (exact) mass is 418 g/mol. The van der Waals surface area contributed by atoms with E-state index >= 15 is 0 Å². The molecule has 9 heteroatoms. The van der Waals surface area contributed by atoms with Gasteiger partial charge in [-0.15, -0.1) is 11.3 Å². The van der Waals surface area contributed by atoms with E-state index in [9.17, 15) is 13.2 Å². The van der Waals surface area contributed by atoms with Crippen LogP contribution in [0.25, 0.3) is 0 Å². The van der Waals surface area contributed by atoms with Crippen molar-refractivity contribution in [1.82, 2.24) is 4.31 Å². The van der Waals surface area contributed by atoms with Crippen molar-refractivity contribution in [3.05, 3.63) is 45.8 Å². The highest BCUT2D eigenvalue weighted by molar-refractivity contribution is 7.91. The Morgan fingerprint density at radius 1 is 1.12 bits per heavy atom. The van der Waals surface area contributed by atoms with Gasteiger partial charge in [-0.25, -0.2) is 8.42 Å². The van der Waals surface area contributed by atoms with Crippen LogP contribution in [0.3, 0.4) is 0 Å². The van der Waals surface area contributed by atoms with Crippen molar-refractivity contribution in [2.45, 2.75) is 17.1 Å². The van der Waals surface area contributed by atoms with Crippen LogP contribution in [-0.4, -0.2) is 31.7 Å². The first-order valence-electron chi connectivity index (χ1n) is 7.68. The van der Waals surface area contributed by atoms with Gasteiger partial charge in [0.1, 0.15) is 4.21 Å². The van der Waals surface area contributed by atoms with Gasteiger partial charge in [-0.1, -0.05) is 35.3 Å². The van der Waals surface area contributed by atoms with E-state index in [0.717, 1.165) is 0 Å². The summed E-state index contributed by atoms with van der Waals surface area (Å²) in [6, 6.07) is 8.32. The molecule has 1 N–H and O–H groups in total. The van der Waals surface area contributed by atoms with Crippen molar-refractivity contribution in [2.24, 2.45) is 5.92 Å². The van der Waals surface area contributed by atoms with Gasteiger partial charge >= 0.3 is 0 Å². The average molecular weight is 419 g/mol. The molecule has 1 aliphatic rings. The highest BCUT2D eigenvalue weighted by atomic mass is 35.5. The number of sulfonamides is 1. The lowest BCUT2D eigenvalue weighted by molar-refractivity contribution is -0.120. The summed E-state index contributed by atoms with van der Waals surface area (Å²) in [4.78, 5) is 12.5. The number of piperidine rings is 1. The number of carbonyl (C=O) groups excluding carboxylic acids is 1. The van der Waals surface area contributed by atoms with Gasteiger partial charge in [0.2, 0.25) is 5.91 Å². The molecule has 1 saturated heterocycles. The number of amides is 1. The molecule has 0 aliphatic carbocycles. The first kappa shape index (κ1) is 18.7. The summed E-state index contributed by atoms with van der Waals surface area (Å²) in [6.07, 6.45) is 0.914. The number of para-hydroxylation sites is 1. The standard InChI is InChI=1S/C16H16Cl2N2O3S2/c17-12-3-1-4-13(18)15(12)19-16(21)11-6-8-20(9-7-11)25(22,23)14-5-2-10-24-14/h1-5,10-11H,6-9H2,(H,19,21). The van der Waals surface area contributed by atoms with Crippen LogP contribution < -0.4 is 5.32 Å². The second kappa shape index (κ2) is 7.63.